The molecule has 0 saturated carbocycles. The predicted molar refractivity (Wildman–Crippen MR) is 56.7 cm³/mol. The van der Waals surface area contributed by atoms with E-state index in [0.29, 0.717) is 5.91 Å². The first-order chi connectivity index (χ1) is 6.34. The maximum absolute atomic E-state index is 11.3. The van der Waals surface area contributed by atoms with Gasteiger partial charge in [0.05, 0.1) is 0 Å². The van der Waals surface area contributed by atoms with E-state index in [4.69, 9.17) is 0 Å². The summed E-state index contributed by atoms with van der Waals surface area (Å²) < 4.78 is 0. The van der Waals surface area contributed by atoms with Gasteiger partial charge in [-0.3, -0.25) is 4.79 Å². The highest BCUT2D eigenvalue weighted by Gasteiger charge is 2.14. The average molecular weight is 185 g/mol. The summed E-state index contributed by atoms with van der Waals surface area (Å²) in [5.74, 6) is 0.354. The molecule has 0 aromatic rings. The third kappa shape index (κ3) is 4.91. The monoisotopic (exact) mass is 185 g/mol. The molecule has 2 heteroatoms. The van der Waals surface area contributed by atoms with E-state index in [1.807, 2.05) is 18.7 Å². The summed E-state index contributed by atoms with van der Waals surface area (Å²) in [6.45, 7) is 8.06. The van der Waals surface area contributed by atoms with Crippen molar-refractivity contribution < 1.29 is 4.79 Å². The third-order valence-electron chi connectivity index (χ3n) is 2.17. The van der Waals surface area contributed by atoms with Crippen LogP contribution < -0.4 is 0 Å². The van der Waals surface area contributed by atoms with Crippen molar-refractivity contribution in [1.29, 1.82) is 0 Å². The molecule has 0 radical (unpaired) electrons. The fraction of sp³-hybridized carbons (Fsp3) is 0.909. The summed E-state index contributed by atoms with van der Waals surface area (Å²) in [7, 11) is 0. The fourth-order valence-corrected chi connectivity index (χ4v) is 1.52. The Morgan fingerprint density at radius 3 is 2.15 bits per heavy atom. The lowest BCUT2D eigenvalue weighted by molar-refractivity contribution is -0.132. The van der Waals surface area contributed by atoms with Gasteiger partial charge in [-0.15, -0.1) is 0 Å². The molecule has 1 aliphatic heterocycles. The van der Waals surface area contributed by atoms with E-state index >= 15 is 0 Å². The standard InChI is InChI=1S/C9H17NO.C2H6/c1-2-6-9(11)10-7-4-3-5-8-10;1-2/h2-8H2,1H3;1-2H3. The van der Waals surface area contributed by atoms with Gasteiger partial charge < -0.3 is 4.90 Å². The van der Waals surface area contributed by atoms with Crippen LogP contribution in [-0.4, -0.2) is 23.9 Å². The molecular weight excluding hydrogens is 162 g/mol. The van der Waals surface area contributed by atoms with E-state index in [9.17, 15) is 4.79 Å². The first-order valence-electron chi connectivity index (χ1n) is 5.62. The minimum absolute atomic E-state index is 0.354. The van der Waals surface area contributed by atoms with Crippen molar-refractivity contribution in [1.82, 2.24) is 4.90 Å². The molecule has 0 bridgehead atoms. The second-order valence-electron chi connectivity index (χ2n) is 3.19. The number of rotatable bonds is 2. The van der Waals surface area contributed by atoms with Crippen LogP contribution in [0.4, 0.5) is 0 Å². The lowest BCUT2D eigenvalue weighted by Gasteiger charge is -2.26. The Balaban J connectivity index is 0.000000671. The number of amides is 1. The van der Waals surface area contributed by atoms with Crippen LogP contribution in [0.15, 0.2) is 0 Å². The third-order valence-corrected chi connectivity index (χ3v) is 2.17. The van der Waals surface area contributed by atoms with Crippen molar-refractivity contribution in [2.24, 2.45) is 0 Å². The van der Waals surface area contributed by atoms with Gasteiger partial charge in [0.25, 0.3) is 0 Å². The lowest BCUT2D eigenvalue weighted by atomic mass is 10.1. The van der Waals surface area contributed by atoms with Crippen molar-refractivity contribution in [3.05, 3.63) is 0 Å². The number of hydrogen-bond acceptors (Lipinski definition) is 1. The van der Waals surface area contributed by atoms with Crippen LogP contribution in [0.1, 0.15) is 52.9 Å². The number of likely N-dealkylation sites (tertiary alicyclic amines) is 1. The molecule has 1 fully saturated rings. The maximum atomic E-state index is 11.3. The van der Waals surface area contributed by atoms with Crippen LogP contribution in [0.5, 0.6) is 0 Å². The van der Waals surface area contributed by atoms with Gasteiger partial charge in [-0.05, 0) is 25.7 Å². The van der Waals surface area contributed by atoms with E-state index < -0.39 is 0 Å². The highest BCUT2D eigenvalue weighted by Crippen LogP contribution is 2.10. The van der Waals surface area contributed by atoms with Crippen molar-refractivity contribution >= 4 is 5.91 Å². The van der Waals surface area contributed by atoms with E-state index in [1.54, 1.807) is 0 Å². The summed E-state index contributed by atoms with van der Waals surface area (Å²) in [6.07, 6.45) is 5.43. The smallest absolute Gasteiger partial charge is 0.222 e. The van der Waals surface area contributed by atoms with E-state index in [0.717, 1.165) is 25.9 Å². The molecule has 0 atom stereocenters. The highest BCUT2D eigenvalue weighted by atomic mass is 16.2. The quantitative estimate of drug-likeness (QED) is 0.648. The minimum Gasteiger partial charge on any atom is -0.343 e. The number of hydrogen-bond donors (Lipinski definition) is 0. The normalized spacial score (nSPS) is 16.1. The topological polar surface area (TPSA) is 20.3 Å². The molecule has 0 unspecified atom stereocenters. The first-order valence-corrected chi connectivity index (χ1v) is 5.62. The Morgan fingerprint density at radius 2 is 1.69 bits per heavy atom. The molecule has 2 nitrogen and oxygen atoms in total. The molecule has 0 aromatic heterocycles. The predicted octanol–water partition coefficient (Wildman–Crippen LogP) is 2.83. The average Bonchev–Trinajstić information content (AvgIpc) is 2.23. The molecule has 1 aliphatic rings. The number of carbonyl (C=O) groups excluding carboxylic acids is 1. The molecule has 1 rings (SSSR count). The fourth-order valence-electron chi connectivity index (χ4n) is 1.52. The molecule has 0 spiro atoms. The molecule has 1 amide bonds. The molecule has 0 aromatic carbocycles. The second-order valence-corrected chi connectivity index (χ2v) is 3.19. The summed E-state index contributed by atoms with van der Waals surface area (Å²) in [4.78, 5) is 13.3. The number of nitrogens with zero attached hydrogens (tertiary/aromatic N) is 1. The molecular formula is C11H23NO. The summed E-state index contributed by atoms with van der Waals surface area (Å²) in [5.41, 5.74) is 0. The van der Waals surface area contributed by atoms with Crippen LogP contribution in [-0.2, 0) is 4.79 Å². The molecule has 13 heavy (non-hydrogen) atoms. The zero-order valence-electron chi connectivity index (χ0n) is 9.31. The minimum atomic E-state index is 0.354. The molecule has 1 heterocycles. The maximum Gasteiger partial charge on any atom is 0.222 e. The van der Waals surface area contributed by atoms with Gasteiger partial charge in [-0.1, -0.05) is 20.8 Å². The Morgan fingerprint density at radius 1 is 1.15 bits per heavy atom. The van der Waals surface area contributed by atoms with Gasteiger partial charge >= 0.3 is 0 Å². The molecule has 1 saturated heterocycles. The second kappa shape index (κ2) is 8.09. The molecule has 78 valence electrons. The van der Waals surface area contributed by atoms with Gasteiger partial charge in [-0.25, -0.2) is 0 Å². The number of piperidine rings is 1. The van der Waals surface area contributed by atoms with Crippen molar-refractivity contribution in [2.45, 2.75) is 52.9 Å². The summed E-state index contributed by atoms with van der Waals surface area (Å²) in [6, 6.07) is 0. The van der Waals surface area contributed by atoms with Gasteiger partial charge in [0.15, 0.2) is 0 Å². The van der Waals surface area contributed by atoms with Crippen LogP contribution in [0, 0.1) is 0 Å². The van der Waals surface area contributed by atoms with Crippen LogP contribution in [0.2, 0.25) is 0 Å². The molecule has 0 aliphatic carbocycles. The van der Waals surface area contributed by atoms with Crippen molar-refractivity contribution in [2.75, 3.05) is 13.1 Å². The van der Waals surface area contributed by atoms with E-state index in [-0.39, 0.29) is 0 Å². The Kier molecular flexibility index (Phi) is 7.76. The van der Waals surface area contributed by atoms with Gasteiger partial charge in [0.1, 0.15) is 0 Å². The molecule has 0 N–H and O–H groups in total. The Bertz CT molecular complexity index is 128. The van der Waals surface area contributed by atoms with Gasteiger partial charge in [0, 0.05) is 19.5 Å². The highest BCUT2D eigenvalue weighted by molar-refractivity contribution is 5.76. The van der Waals surface area contributed by atoms with Gasteiger partial charge in [0.2, 0.25) is 5.91 Å². The largest absolute Gasteiger partial charge is 0.343 e. The first kappa shape index (κ1) is 12.5. The SMILES string of the molecule is CC.CCCC(=O)N1CCCCC1. The van der Waals surface area contributed by atoms with E-state index in [1.165, 1.54) is 19.3 Å². The Labute approximate surface area is 82.3 Å². The van der Waals surface area contributed by atoms with Crippen molar-refractivity contribution in [3.8, 4) is 0 Å². The summed E-state index contributed by atoms with van der Waals surface area (Å²) >= 11 is 0. The van der Waals surface area contributed by atoms with Crippen LogP contribution in [0.25, 0.3) is 0 Å². The lowest BCUT2D eigenvalue weighted by Crippen LogP contribution is -2.35. The van der Waals surface area contributed by atoms with E-state index in [2.05, 4.69) is 6.92 Å². The zero-order chi connectivity index (χ0) is 10.1. The Hall–Kier alpha value is -0.530. The summed E-state index contributed by atoms with van der Waals surface area (Å²) in [5, 5.41) is 0. The van der Waals surface area contributed by atoms with Crippen LogP contribution in [0.3, 0.4) is 0 Å². The number of carbonyl (C=O) groups is 1. The zero-order valence-corrected chi connectivity index (χ0v) is 9.31. The van der Waals surface area contributed by atoms with Gasteiger partial charge in [-0.2, -0.15) is 0 Å². The van der Waals surface area contributed by atoms with Crippen LogP contribution >= 0.6 is 0 Å². The van der Waals surface area contributed by atoms with Crippen molar-refractivity contribution in [3.63, 3.8) is 0 Å².